The SMILES string of the molecule is C=Cc1cccnc1-c1ccccn1.c1ccc2nccnc2c1. The number of benzene rings is 1. The number of hydrogen-bond acceptors (Lipinski definition) is 4. The van der Waals surface area contributed by atoms with Crippen LogP contribution in [0, 0.1) is 0 Å². The summed E-state index contributed by atoms with van der Waals surface area (Å²) in [6.45, 7) is 3.75. The van der Waals surface area contributed by atoms with Gasteiger partial charge in [0.2, 0.25) is 0 Å². The zero-order valence-electron chi connectivity index (χ0n) is 13.1. The first-order valence-corrected chi connectivity index (χ1v) is 7.53. The van der Waals surface area contributed by atoms with E-state index in [0.29, 0.717) is 0 Å². The summed E-state index contributed by atoms with van der Waals surface area (Å²) >= 11 is 0. The Hall–Kier alpha value is -3.40. The molecular formula is C20H16N4. The summed E-state index contributed by atoms with van der Waals surface area (Å²) < 4.78 is 0. The second kappa shape index (κ2) is 7.74. The number of para-hydroxylation sites is 2. The molecule has 4 nitrogen and oxygen atoms in total. The average Bonchev–Trinajstić information content (AvgIpc) is 2.69. The van der Waals surface area contributed by atoms with Crippen molar-refractivity contribution in [2.75, 3.05) is 0 Å². The summed E-state index contributed by atoms with van der Waals surface area (Å²) in [6.07, 6.45) is 8.70. The monoisotopic (exact) mass is 312 g/mol. The smallest absolute Gasteiger partial charge is 0.0958 e. The van der Waals surface area contributed by atoms with E-state index in [2.05, 4.69) is 26.5 Å². The minimum atomic E-state index is 0.878. The number of rotatable bonds is 2. The van der Waals surface area contributed by atoms with Gasteiger partial charge in [0.05, 0.1) is 22.4 Å². The minimum absolute atomic E-state index is 0.878. The van der Waals surface area contributed by atoms with Crippen molar-refractivity contribution in [2.24, 2.45) is 0 Å². The molecule has 0 fully saturated rings. The Morgan fingerprint density at radius 2 is 1.29 bits per heavy atom. The summed E-state index contributed by atoms with van der Waals surface area (Å²) in [4.78, 5) is 16.8. The minimum Gasteiger partial charge on any atom is -0.255 e. The molecule has 0 amide bonds. The Balaban J connectivity index is 0.000000149. The number of fused-ring (bicyclic) bond motifs is 1. The Kier molecular flexibility index (Phi) is 5.00. The molecule has 3 aromatic heterocycles. The Labute approximate surface area is 140 Å². The van der Waals surface area contributed by atoms with Crippen LogP contribution in [0.15, 0.2) is 86.0 Å². The largest absolute Gasteiger partial charge is 0.255 e. The predicted molar refractivity (Wildman–Crippen MR) is 97.1 cm³/mol. The van der Waals surface area contributed by atoms with Crippen molar-refractivity contribution in [1.29, 1.82) is 0 Å². The third-order valence-electron chi connectivity index (χ3n) is 3.34. The Bertz CT molecular complexity index is 871. The van der Waals surface area contributed by atoms with E-state index >= 15 is 0 Å². The molecule has 3 heterocycles. The normalized spacial score (nSPS) is 9.83. The quantitative estimate of drug-likeness (QED) is 0.550. The van der Waals surface area contributed by atoms with Crippen molar-refractivity contribution < 1.29 is 0 Å². The van der Waals surface area contributed by atoms with Gasteiger partial charge in [-0.05, 0) is 30.3 Å². The van der Waals surface area contributed by atoms with Gasteiger partial charge in [0, 0.05) is 30.4 Å². The van der Waals surface area contributed by atoms with Crippen LogP contribution < -0.4 is 0 Å². The molecule has 0 aliphatic carbocycles. The summed E-state index contributed by atoms with van der Waals surface area (Å²) in [7, 11) is 0. The third kappa shape index (κ3) is 3.67. The van der Waals surface area contributed by atoms with Crippen LogP contribution in [0.2, 0.25) is 0 Å². The predicted octanol–water partition coefficient (Wildman–Crippen LogP) is 4.42. The van der Waals surface area contributed by atoms with Gasteiger partial charge < -0.3 is 0 Å². The van der Waals surface area contributed by atoms with E-state index in [1.807, 2.05) is 54.6 Å². The fourth-order valence-corrected chi connectivity index (χ4v) is 2.21. The molecular weight excluding hydrogens is 296 g/mol. The fourth-order valence-electron chi connectivity index (χ4n) is 2.21. The lowest BCUT2D eigenvalue weighted by Gasteiger charge is -2.02. The van der Waals surface area contributed by atoms with Crippen molar-refractivity contribution in [3.05, 3.63) is 91.5 Å². The summed E-state index contributed by atoms with van der Waals surface area (Å²) in [5.41, 5.74) is 4.66. The zero-order valence-corrected chi connectivity index (χ0v) is 13.1. The standard InChI is InChI=1S/C12H10N2.C8H6N2/c1-2-10-6-5-9-14-12(10)11-7-3-4-8-13-11;1-2-4-8-7(3-1)9-5-6-10-8/h2-9H,1H2;1-6H. The van der Waals surface area contributed by atoms with E-state index in [9.17, 15) is 0 Å². The second-order valence-corrected chi connectivity index (χ2v) is 4.91. The van der Waals surface area contributed by atoms with Crippen LogP contribution in [0.25, 0.3) is 28.5 Å². The first-order chi connectivity index (χ1) is 11.9. The Morgan fingerprint density at radius 1 is 0.625 bits per heavy atom. The van der Waals surface area contributed by atoms with Gasteiger partial charge in [-0.15, -0.1) is 0 Å². The topological polar surface area (TPSA) is 51.6 Å². The van der Waals surface area contributed by atoms with Gasteiger partial charge >= 0.3 is 0 Å². The summed E-state index contributed by atoms with van der Waals surface area (Å²) in [5, 5.41) is 0. The van der Waals surface area contributed by atoms with Crippen LogP contribution in [0.3, 0.4) is 0 Å². The number of nitrogens with zero attached hydrogens (tertiary/aromatic N) is 4. The molecule has 4 rings (SSSR count). The van der Waals surface area contributed by atoms with Gasteiger partial charge in [-0.25, -0.2) is 0 Å². The van der Waals surface area contributed by atoms with Crippen LogP contribution in [-0.2, 0) is 0 Å². The maximum atomic E-state index is 4.29. The number of aromatic nitrogens is 4. The molecule has 0 radical (unpaired) electrons. The van der Waals surface area contributed by atoms with E-state index in [0.717, 1.165) is 28.0 Å². The van der Waals surface area contributed by atoms with Crippen molar-refractivity contribution in [3.8, 4) is 11.4 Å². The molecule has 0 aliphatic rings. The van der Waals surface area contributed by atoms with Crippen LogP contribution in [0.1, 0.15) is 5.56 Å². The Morgan fingerprint density at radius 3 is 1.92 bits per heavy atom. The highest BCUT2D eigenvalue weighted by molar-refractivity contribution is 5.73. The molecule has 0 bridgehead atoms. The van der Waals surface area contributed by atoms with Crippen molar-refractivity contribution >= 4 is 17.1 Å². The highest BCUT2D eigenvalue weighted by Gasteiger charge is 2.02. The summed E-state index contributed by atoms with van der Waals surface area (Å²) in [5.74, 6) is 0. The third-order valence-corrected chi connectivity index (χ3v) is 3.34. The lowest BCUT2D eigenvalue weighted by atomic mass is 10.1. The van der Waals surface area contributed by atoms with Gasteiger partial charge in [-0.1, -0.05) is 36.9 Å². The first kappa shape index (κ1) is 15.5. The maximum Gasteiger partial charge on any atom is 0.0958 e. The lowest BCUT2D eigenvalue weighted by molar-refractivity contribution is 1.24. The van der Waals surface area contributed by atoms with E-state index in [1.54, 1.807) is 30.9 Å². The average molecular weight is 312 g/mol. The molecule has 1 aromatic carbocycles. The molecule has 4 aromatic rings. The van der Waals surface area contributed by atoms with Crippen LogP contribution in [0.4, 0.5) is 0 Å². The van der Waals surface area contributed by atoms with E-state index in [4.69, 9.17) is 0 Å². The van der Waals surface area contributed by atoms with Gasteiger partial charge in [-0.2, -0.15) is 0 Å². The molecule has 4 heteroatoms. The lowest BCUT2D eigenvalue weighted by Crippen LogP contribution is -1.89. The molecule has 0 atom stereocenters. The van der Waals surface area contributed by atoms with E-state index < -0.39 is 0 Å². The van der Waals surface area contributed by atoms with Crippen molar-refractivity contribution in [1.82, 2.24) is 19.9 Å². The van der Waals surface area contributed by atoms with Gasteiger partial charge in [0.15, 0.2) is 0 Å². The van der Waals surface area contributed by atoms with Crippen LogP contribution in [-0.4, -0.2) is 19.9 Å². The van der Waals surface area contributed by atoms with Crippen LogP contribution in [0.5, 0.6) is 0 Å². The van der Waals surface area contributed by atoms with Gasteiger partial charge in [0.1, 0.15) is 0 Å². The van der Waals surface area contributed by atoms with E-state index in [1.165, 1.54) is 0 Å². The van der Waals surface area contributed by atoms with Crippen molar-refractivity contribution in [2.45, 2.75) is 0 Å². The molecule has 0 N–H and O–H groups in total. The van der Waals surface area contributed by atoms with Gasteiger partial charge in [0.25, 0.3) is 0 Å². The maximum absolute atomic E-state index is 4.29. The molecule has 116 valence electrons. The zero-order chi connectivity index (χ0) is 16.6. The van der Waals surface area contributed by atoms with Crippen LogP contribution >= 0.6 is 0 Å². The number of hydrogen-bond donors (Lipinski definition) is 0. The number of pyridine rings is 2. The highest BCUT2D eigenvalue weighted by atomic mass is 14.8. The molecule has 24 heavy (non-hydrogen) atoms. The first-order valence-electron chi connectivity index (χ1n) is 7.53. The van der Waals surface area contributed by atoms with Gasteiger partial charge in [-0.3, -0.25) is 19.9 Å². The molecule has 0 saturated carbocycles. The van der Waals surface area contributed by atoms with E-state index in [-0.39, 0.29) is 0 Å². The summed E-state index contributed by atoms with van der Waals surface area (Å²) in [6, 6.07) is 17.4. The fraction of sp³-hybridized carbons (Fsp3) is 0. The molecule has 0 saturated heterocycles. The molecule has 0 aliphatic heterocycles. The second-order valence-electron chi connectivity index (χ2n) is 4.91. The van der Waals surface area contributed by atoms with Crippen molar-refractivity contribution in [3.63, 3.8) is 0 Å². The molecule has 0 spiro atoms. The highest BCUT2D eigenvalue weighted by Crippen LogP contribution is 2.18. The molecule has 0 unspecified atom stereocenters.